The number of ether oxygens (including phenoxy) is 2. The van der Waals surface area contributed by atoms with E-state index in [-0.39, 0.29) is 29.2 Å². The zero-order chi connectivity index (χ0) is 46.4. The van der Waals surface area contributed by atoms with Crippen LogP contribution in [0.3, 0.4) is 0 Å². The van der Waals surface area contributed by atoms with E-state index in [0.717, 1.165) is 71.6 Å². The number of amides is 1. The van der Waals surface area contributed by atoms with Crippen LogP contribution in [0.2, 0.25) is 0 Å². The first-order chi connectivity index (χ1) is 32.5. The molecule has 0 bridgehead atoms. The van der Waals surface area contributed by atoms with Crippen LogP contribution in [0.4, 0.5) is 40.3 Å². The number of hydrogen-bond donors (Lipinski definition) is 5. The molecule has 10 rings (SSSR count). The molecule has 0 aliphatic carbocycles. The molecule has 2 aliphatic heterocycles. The molecular formula is C49H49N13O5. The molecule has 0 radical (unpaired) electrons. The lowest BCUT2D eigenvalue weighted by Gasteiger charge is -2.34. The van der Waals surface area contributed by atoms with Crippen LogP contribution in [-0.4, -0.2) is 97.4 Å². The number of carbonyl (C=O) groups excluding carboxylic acids is 1. The number of morpholine rings is 2. The number of anilines is 7. The minimum Gasteiger partial charge on any atom is -0.375 e. The molecule has 5 N–H and O–H groups in total. The third kappa shape index (κ3) is 10.2. The van der Waals surface area contributed by atoms with Crippen molar-refractivity contribution in [3.05, 3.63) is 137 Å². The van der Waals surface area contributed by atoms with Gasteiger partial charge in [-0.15, -0.1) is 0 Å². The number of fused-ring (bicyclic) bond motifs is 2. The summed E-state index contributed by atoms with van der Waals surface area (Å²) in [6.07, 6.45) is 11.8. The highest BCUT2D eigenvalue weighted by Crippen LogP contribution is 2.32. The third-order valence-electron chi connectivity index (χ3n) is 11.3. The second kappa shape index (κ2) is 19.6. The van der Waals surface area contributed by atoms with E-state index in [4.69, 9.17) is 14.5 Å². The van der Waals surface area contributed by atoms with Gasteiger partial charge in [0.15, 0.2) is 0 Å². The van der Waals surface area contributed by atoms with Crippen molar-refractivity contribution in [3.63, 3.8) is 0 Å². The highest BCUT2D eigenvalue weighted by molar-refractivity contribution is 5.96. The summed E-state index contributed by atoms with van der Waals surface area (Å²) in [5.74, 6) is 1.42. The van der Waals surface area contributed by atoms with Crippen molar-refractivity contribution < 1.29 is 14.3 Å². The summed E-state index contributed by atoms with van der Waals surface area (Å²) in [6, 6.07) is 21.1. The van der Waals surface area contributed by atoms with E-state index in [0.29, 0.717) is 52.0 Å². The van der Waals surface area contributed by atoms with Crippen LogP contribution in [0.1, 0.15) is 26.3 Å². The molecule has 18 nitrogen and oxygen atoms in total. The van der Waals surface area contributed by atoms with Gasteiger partial charge in [0.25, 0.3) is 11.1 Å². The summed E-state index contributed by atoms with van der Waals surface area (Å²) in [5, 5.41) is 11.8. The fourth-order valence-corrected chi connectivity index (χ4v) is 8.21. The number of rotatable bonds is 9. The lowest BCUT2D eigenvalue weighted by Crippen LogP contribution is -2.41. The fourth-order valence-electron chi connectivity index (χ4n) is 8.21. The molecule has 0 spiro atoms. The van der Waals surface area contributed by atoms with Crippen LogP contribution in [0.5, 0.6) is 0 Å². The molecule has 0 unspecified atom stereocenters. The Morgan fingerprint density at radius 3 is 1.81 bits per heavy atom. The molecule has 2 atom stereocenters. The van der Waals surface area contributed by atoms with Gasteiger partial charge in [0.05, 0.1) is 65.7 Å². The zero-order valence-corrected chi connectivity index (χ0v) is 37.4. The lowest BCUT2D eigenvalue weighted by molar-refractivity contribution is -0.114. The van der Waals surface area contributed by atoms with Gasteiger partial charge in [-0.1, -0.05) is 12.1 Å². The second-order valence-corrected chi connectivity index (χ2v) is 16.4. The molecule has 67 heavy (non-hydrogen) atoms. The number of H-pyrrole nitrogens is 2. The highest BCUT2D eigenvalue weighted by atomic mass is 16.5. The van der Waals surface area contributed by atoms with Gasteiger partial charge in [-0.25, -0.2) is 29.9 Å². The second-order valence-electron chi connectivity index (χ2n) is 16.4. The van der Waals surface area contributed by atoms with Crippen molar-refractivity contribution in [2.45, 2.75) is 39.9 Å². The predicted octanol–water partition coefficient (Wildman–Crippen LogP) is 6.96. The highest BCUT2D eigenvalue weighted by Gasteiger charge is 2.21. The third-order valence-corrected chi connectivity index (χ3v) is 11.3. The van der Waals surface area contributed by atoms with E-state index >= 15 is 0 Å². The zero-order valence-electron chi connectivity index (χ0n) is 37.4. The van der Waals surface area contributed by atoms with Gasteiger partial charge in [-0.2, -0.15) is 0 Å². The molecule has 18 heteroatoms. The number of aromatic amines is 2. The van der Waals surface area contributed by atoms with Crippen LogP contribution in [0.25, 0.3) is 44.1 Å². The quantitative estimate of drug-likeness (QED) is 0.0988. The molecule has 0 saturated carbocycles. The van der Waals surface area contributed by atoms with Crippen molar-refractivity contribution in [2.24, 2.45) is 0 Å². The lowest BCUT2D eigenvalue weighted by atomic mass is 10.1. The largest absolute Gasteiger partial charge is 0.375 e. The summed E-state index contributed by atoms with van der Waals surface area (Å²) in [5.41, 5.74) is 7.08. The van der Waals surface area contributed by atoms with Crippen molar-refractivity contribution in [1.82, 2.24) is 39.9 Å². The maximum absolute atomic E-state index is 12.7. The molecule has 2 aliphatic rings. The van der Waals surface area contributed by atoms with Crippen LogP contribution in [0.15, 0.2) is 120 Å². The normalized spacial score (nSPS) is 16.0. The Morgan fingerprint density at radius 2 is 1.22 bits per heavy atom. The van der Waals surface area contributed by atoms with Gasteiger partial charge in [-0.05, 0) is 91.7 Å². The fraction of sp³-hybridized carbons (Fsp3) is 0.245. The smallest absolute Gasteiger partial charge is 0.259 e. The Balaban J connectivity index is 0.000000170. The summed E-state index contributed by atoms with van der Waals surface area (Å²) in [7, 11) is 0. The summed E-state index contributed by atoms with van der Waals surface area (Å²) in [6.45, 7) is 12.3. The molecule has 8 aromatic rings. The standard InChI is InChI=1S/C28H29N5O3.C21H20N8O2/c1-17-14-23(8-9-25(17)33-12-13-36-18(2)16-33)31-27-26-21(10-11-29-28(26)35)15-24(32-27)20-4-6-22(7-5-20)30-19(3)34;1-13-11-29(4-5-31-13)21-25-9-16(10-26-21)27-19-18-14(2-3-24-20(18)30)6-17(28-19)15-7-22-12-23-8-15/h4-11,14-15,18H,12-13,16H2,1-3H3,(H,29,35)(H,30,34)(H,31,32);2-3,6-10,12-13H,4-5,11H2,1H3,(H,24,30)(H,27,28)/t18-;13-/m11/s1. The summed E-state index contributed by atoms with van der Waals surface area (Å²) in [4.78, 5) is 73.1. The first kappa shape index (κ1) is 44.1. The Bertz CT molecular complexity index is 3170. The number of aryl methyl sites for hydroxylation is 1. The molecular weight excluding hydrogens is 851 g/mol. The Labute approximate surface area is 384 Å². The van der Waals surface area contributed by atoms with Crippen molar-refractivity contribution in [1.29, 1.82) is 0 Å². The monoisotopic (exact) mass is 899 g/mol. The summed E-state index contributed by atoms with van der Waals surface area (Å²) < 4.78 is 11.3. The van der Waals surface area contributed by atoms with Gasteiger partial charge >= 0.3 is 0 Å². The van der Waals surface area contributed by atoms with Gasteiger partial charge in [0, 0.05) is 86.1 Å². The molecule has 2 fully saturated rings. The van der Waals surface area contributed by atoms with Crippen LogP contribution < -0.4 is 36.9 Å². The van der Waals surface area contributed by atoms with E-state index in [1.165, 1.54) is 18.9 Å². The van der Waals surface area contributed by atoms with Gasteiger partial charge in [0.2, 0.25) is 11.9 Å². The molecule has 2 saturated heterocycles. The number of nitrogens with zero attached hydrogens (tertiary/aromatic N) is 8. The van der Waals surface area contributed by atoms with Gasteiger partial charge in [0.1, 0.15) is 18.0 Å². The van der Waals surface area contributed by atoms with Gasteiger partial charge < -0.3 is 45.2 Å². The molecule has 340 valence electrons. The topological polar surface area (TPSA) is 221 Å². The number of carbonyl (C=O) groups is 1. The molecule has 2 aromatic carbocycles. The average molecular weight is 900 g/mol. The van der Waals surface area contributed by atoms with Crippen molar-refractivity contribution in [2.75, 3.05) is 65.1 Å². The molecule has 1 amide bonds. The SMILES string of the molecule is CC(=O)Nc1ccc(-c2cc3cc[nH]c(=O)c3c(Nc3ccc(N4CCO[C@H](C)C4)c(C)c3)n2)cc1.C[C@@H]1CN(c2ncc(Nc3nc(-c4cncnc4)cc4cc[nH]c(=O)c34)cn2)CCO1. The summed E-state index contributed by atoms with van der Waals surface area (Å²) >= 11 is 0. The van der Waals surface area contributed by atoms with Crippen LogP contribution in [0, 0.1) is 6.92 Å². The van der Waals surface area contributed by atoms with Crippen molar-refractivity contribution >= 4 is 67.8 Å². The molecule has 8 heterocycles. The number of hydrogen-bond acceptors (Lipinski definition) is 15. The van der Waals surface area contributed by atoms with E-state index in [2.05, 4.69) is 86.6 Å². The predicted molar refractivity (Wildman–Crippen MR) is 261 cm³/mol. The first-order valence-electron chi connectivity index (χ1n) is 21.9. The van der Waals surface area contributed by atoms with E-state index in [1.807, 2.05) is 61.5 Å². The molecule has 6 aromatic heterocycles. The number of nitrogens with one attached hydrogen (secondary N) is 5. The minimum atomic E-state index is -0.233. The van der Waals surface area contributed by atoms with E-state index in [9.17, 15) is 14.4 Å². The first-order valence-corrected chi connectivity index (χ1v) is 21.9. The van der Waals surface area contributed by atoms with E-state index < -0.39 is 0 Å². The maximum atomic E-state index is 12.7. The minimum absolute atomic E-state index is 0.123. The Kier molecular flexibility index (Phi) is 12.9. The number of aromatic nitrogens is 8. The average Bonchev–Trinajstić information content (AvgIpc) is 3.32. The van der Waals surface area contributed by atoms with Gasteiger partial charge in [-0.3, -0.25) is 14.4 Å². The number of pyridine rings is 4. The Morgan fingerprint density at radius 1 is 0.672 bits per heavy atom. The Hall–Kier alpha value is -8.09. The maximum Gasteiger partial charge on any atom is 0.259 e. The van der Waals surface area contributed by atoms with Crippen molar-refractivity contribution in [3.8, 4) is 22.5 Å². The van der Waals surface area contributed by atoms with Crippen LogP contribution in [-0.2, 0) is 14.3 Å². The number of benzene rings is 2. The van der Waals surface area contributed by atoms with E-state index in [1.54, 1.807) is 37.2 Å². The van der Waals surface area contributed by atoms with Crippen LogP contribution >= 0.6 is 0 Å².